The van der Waals surface area contributed by atoms with Crippen molar-refractivity contribution in [3.8, 4) is 11.5 Å². The van der Waals surface area contributed by atoms with Gasteiger partial charge in [0.1, 0.15) is 30.0 Å². The lowest BCUT2D eigenvalue weighted by molar-refractivity contribution is -0.184. The molecule has 3 aromatic rings. The maximum Gasteiger partial charge on any atom is 0.187 e. The Hall–Kier alpha value is -2.90. The molecule has 6 nitrogen and oxygen atoms in total. The summed E-state index contributed by atoms with van der Waals surface area (Å²) in [6.07, 6.45) is 6.65. The van der Waals surface area contributed by atoms with Crippen LogP contribution in [0, 0.1) is 5.82 Å². The molecule has 1 aliphatic rings. The highest BCUT2D eigenvalue weighted by atomic mass is 19.1. The minimum atomic E-state index is -0.766. The van der Waals surface area contributed by atoms with Crippen LogP contribution in [0.5, 0.6) is 11.5 Å². The molecule has 0 N–H and O–H groups in total. The average molecular weight is 412 g/mol. The molecule has 0 radical (unpaired) electrons. The number of ether oxygens (including phenoxy) is 4. The fourth-order valence-electron chi connectivity index (χ4n) is 3.50. The van der Waals surface area contributed by atoms with Gasteiger partial charge in [-0.1, -0.05) is 12.1 Å². The Morgan fingerprint density at radius 3 is 2.60 bits per heavy atom. The summed E-state index contributed by atoms with van der Waals surface area (Å²) in [6.45, 7) is 1.30. The first kappa shape index (κ1) is 20.4. The van der Waals surface area contributed by atoms with Crippen molar-refractivity contribution < 1.29 is 23.3 Å². The van der Waals surface area contributed by atoms with Gasteiger partial charge in [-0.2, -0.15) is 0 Å². The summed E-state index contributed by atoms with van der Waals surface area (Å²) in [5.41, 5.74) is 1.18. The summed E-state index contributed by atoms with van der Waals surface area (Å²) in [4.78, 5) is 4.12. The van der Waals surface area contributed by atoms with E-state index in [4.69, 9.17) is 18.9 Å². The Bertz CT molecular complexity index is 915. The molecule has 158 valence electrons. The molecule has 2 unspecified atom stereocenters. The smallest absolute Gasteiger partial charge is 0.187 e. The monoisotopic (exact) mass is 412 g/mol. The predicted octanol–water partition coefficient (Wildman–Crippen LogP) is 3.85. The van der Waals surface area contributed by atoms with Crippen LogP contribution in [0.15, 0.2) is 67.3 Å². The van der Waals surface area contributed by atoms with E-state index in [1.54, 1.807) is 31.8 Å². The number of benzene rings is 2. The van der Waals surface area contributed by atoms with E-state index in [0.717, 1.165) is 12.2 Å². The maximum absolute atomic E-state index is 13.1. The summed E-state index contributed by atoms with van der Waals surface area (Å²) < 4.78 is 38.5. The molecule has 0 saturated carbocycles. The maximum atomic E-state index is 13.1. The van der Waals surface area contributed by atoms with Gasteiger partial charge in [-0.3, -0.25) is 0 Å². The molecular formula is C23H25FN2O4. The van der Waals surface area contributed by atoms with E-state index in [0.29, 0.717) is 31.9 Å². The Balaban J connectivity index is 1.39. The zero-order valence-corrected chi connectivity index (χ0v) is 16.9. The molecular weight excluding hydrogens is 387 g/mol. The van der Waals surface area contributed by atoms with Crippen LogP contribution in [-0.2, 0) is 22.4 Å². The summed E-state index contributed by atoms with van der Waals surface area (Å²) in [5, 5.41) is 0. The average Bonchev–Trinajstić information content (AvgIpc) is 3.43. The van der Waals surface area contributed by atoms with Crippen molar-refractivity contribution in [3.05, 3.63) is 78.6 Å². The van der Waals surface area contributed by atoms with Gasteiger partial charge in [0.15, 0.2) is 5.79 Å². The molecule has 2 atom stereocenters. The zero-order valence-electron chi connectivity index (χ0n) is 16.9. The molecule has 4 rings (SSSR count). The summed E-state index contributed by atoms with van der Waals surface area (Å²) in [5.74, 6) is 0.376. The molecule has 1 fully saturated rings. The molecule has 7 heteroatoms. The van der Waals surface area contributed by atoms with Crippen LogP contribution in [0.2, 0.25) is 0 Å². The van der Waals surface area contributed by atoms with E-state index in [9.17, 15) is 4.39 Å². The van der Waals surface area contributed by atoms with Crippen molar-refractivity contribution in [3.63, 3.8) is 0 Å². The summed E-state index contributed by atoms with van der Waals surface area (Å²) in [7, 11) is 1.66. The van der Waals surface area contributed by atoms with Gasteiger partial charge >= 0.3 is 0 Å². The first-order valence-electron chi connectivity index (χ1n) is 9.93. The zero-order chi connectivity index (χ0) is 20.8. The van der Waals surface area contributed by atoms with Gasteiger partial charge in [0.05, 0.1) is 26.6 Å². The second kappa shape index (κ2) is 9.28. The molecule has 1 saturated heterocycles. The first-order chi connectivity index (χ1) is 14.6. The number of nitrogens with zero attached hydrogens (tertiary/aromatic N) is 2. The van der Waals surface area contributed by atoms with Crippen molar-refractivity contribution in [1.82, 2.24) is 9.55 Å². The summed E-state index contributed by atoms with van der Waals surface area (Å²) >= 11 is 0. The van der Waals surface area contributed by atoms with Gasteiger partial charge < -0.3 is 23.5 Å². The Morgan fingerprint density at radius 1 is 1.13 bits per heavy atom. The third-order valence-corrected chi connectivity index (χ3v) is 5.10. The van der Waals surface area contributed by atoms with Crippen molar-refractivity contribution in [2.45, 2.75) is 31.3 Å². The number of imidazole rings is 1. The van der Waals surface area contributed by atoms with E-state index in [1.165, 1.54) is 17.7 Å². The van der Waals surface area contributed by atoms with Crippen molar-refractivity contribution in [2.24, 2.45) is 0 Å². The minimum absolute atomic E-state index is 0.213. The van der Waals surface area contributed by atoms with Crippen LogP contribution in [0.3, 0.4) is 0 Å². The lowest BCUT2D eigenvalue weighted by Gasteiger charge is -2.28. The van der Waals surface area contributed by atoms with Gasteiger partial charge in [-0.15, -0.1) is 0 Å². The third kappa shape index (κ3) is 5.17. The van der Waals surface area contributed by atoms with E-state index >= 15 is 0 Å². The molecule has 2 heterocycles. The van der Waals surface area contributed by atoms with Crippen LogP contribution >= 0.6 is 0 Å². The standard InChI is InChI=1S/C23H25FN2O4/c1-27-20-6-2-18(3-7-20)10-11-23(16-26-13-12-25-17-26)29-15-22(30-23)14-28-21-8-4-19(24)5-9-21/h2-9,12-13,17,22H,10-11,14-16H2,1H3. The molecule has 0 bridgehead atoms. The second-order valence-electron chi connectivity index (χ2n) is 7.31. The van der Waals surface area contributed by atoms with Crippen LogP contribution in [-0.4, -0.2) is 41.8 Å². The number of hydrogen-bond donors (Lipinski definition) is 0. The van der Waals surface area contributed by atoms with E-state index in [1.807, 2.05) is 35.0 Å². The van der Waals surface area contributed by atoms with Crippen molar-refractivity contribution in [1.29, 1.82) is 0 Å². The van der Waals surface area contributed by atoms with Gasteiger partial charge in [0.2, 0.25) is 0 Å². The largest absolute Gasteiger partial charge is 0.497 e. The third-order valence-electron chi connectivity index (χ3n) is 5.10. The van der Waals surface area contributed by atoms with E-state index in [-0.39, 0.29) is 11.9 Å². The lowest BCUT2D eigenvalue weighted by atomic mass is 10.0. The number of halogens is 1. The Labute approximate surface area is 175 Å². The molecule has 0 amide bonds. The van der Waals surface area contributed by atoms with E-state index < -0.39 is 5.79 Å². The fraction of sp³-hybridized carbons (Fsp3) is 0.348. The molecule has 0 spiro atoms. The predicted molar refractivity (Wildman–Crippen MR) is 109 cm³/mol. The quantitative estimate of drug-likeness (QED) is 0.534. The Morgan fingerprint density at radius 2 is 1.90 bits per heavy atom. The molecule has 1 aliphatic heterocycles. The lowest BCUT2D eigenvalue weighted by Crippen LogP contribution is -2.37. The van der Waals surface area contributed by atoms with Gasteiger partial charge in [-0.25, -0.2) is 9.37 Å². The second-order valence-corrected chi connectivity index (χ2v) is 7.31. The highest BCUT2D eigenvalue weighted by molar-refractivity contribution is 5.27. The fourth-order valence-corrected chi connectivity index (χ4v) is 3.50. The van der Waals surface area contributed by atoms with Crippen LogP contribution < -0.4 is 9.47 Å². The van der Waals surface area contributed by atoms with Gasteiger partial charge in [-0.05, 0) is 48.4 Å². The Kier molecular flexibility index (Phi) is 6.30. The summed E-state index contributed by atoms with van der Waals surface area (Å²) in [6, 6.07) is 14.0. The normalized spacial score (nSPS) is 20.9. The SMILES string of the molecule is COc1ccc(CCC2(Cn3ccnc3)OCC(COc3ccc(F)cc3)O2)cc1. The van der Waals surface area contributed by atoms with E-state index in [2.05, 4.69) is 4.98 Å². The van der Waals surface area contributed by atoms with Crippen molar-refractivity contribution in [2.75, 3.05) is 20.3 Å². The van der Waals surface area contributed by atoms with Gasteiger partial charge in [0, 0.05) is 18.8 Å². The van der Waals surface area contributed by atoms with Crippen LogP contribution in [0.25, 0.3) is 0 Å². The van der Waals surface area contributed by atoms with Crippen LogP contribution in [0.1, 0.15) is 12.0 Å². The molecule has 2 aromatic carbocycles. The molecule has 30 heavy (non-hydrogen) atoms. The number of hydrogen-bond acceptors (Lipinski definition) is 5. The number of methoxy groups -OCH3 is 1. The van der Waals surface area contributed by atoms with Gasteiger partial charge in [0.25, 0.3) is 0 Å². The first-order valence-corrected chi connectivity index (χ1v) is 9.93. The number of rotatable bonds is 9. The minimum Gasteiger partial charge on any atom is -0.497 e. The number of aryl methyl sites for hydroxylation is 1. The highest BCUT2D eigenvalue weighted by Crippen LogP contribution is 2.31. The van der Waals surface area contributed by atoms with Crippen molar-refractivity contribution >= 4 is 0 Å². The topological polar surface area (TPSA) is 54.7 Å². The number of aromatic nitrogens is 2. The highest BCUT2D eigenvalue weighted by Gasteiger charge is 2.42. The molecule has 0 aliphatic carbocycles. The van der Waals surface area contributed by atoms with Crippen LogP contribution in [0.4, 0.5) is 4.39 Å². The molecule has 1 aromatic heterocycles.